The lowest BCUT2D eigenvalue weighted by molar-refractivity contribution is -0.141. The highest BCUT2D eigenvalue weighted by molar-refractivity contribution is 9.10. The first-order valence-electron chi connectivity index (χ1n) is 7.53. The molecule has 1 amide bonds. The Balaban J connectivity index is 1.80. The summed E-state index contributed by atoms with van der Waals surface area (Å²) in [5, 5.41) is 2.77. The third kappa shape index (κ3) is 6.87. The molecule has 0 aliphatic rings. The molecule has 0 saturated carbocycles. The Morgan fingerprint density at radius 3 is 2.64 bits per heavy atom. The number of amides is 1. The minimum absolute atomic E-state index is 0.159. The van der Waals surface area contributed by atoms with E-state index in [1.807, 2.05) is 12.1 Å². The highest BCUT2D eigenvalue weighted by Crippen LogP contribution is 2.18. The maximum atomic E-state index is 12.5. The lowest BCUT2D eigenvalue weighted by Crippen LogP contribution is -2.27. The Labute approximate surface area is 152 Å². The Morgan fingerprint density at radius 1 is 1.32 bits per heavy atom. The van der Waals surface area contributed by atoms with Gasteiger partial charge in [-0.25, -0.2) is 4.98 Å². The fourth-order valence-electron chi connectivity index (χ4n) is 2.20. The van der Waals surface area contributed by atoms with Gasteiger partial charge < -0.3 is 9.88 Å². The second kappa shape index (κ2) is 8.48. The van der Waals surface area contributed by atoms with Gasteiger partial charge in [0.05, 0.1) is 6.54 Å². The first-order valence-corrected chi connectivity index (χ1v) is 8.33. The lowest BCUT2D eigenvalue weighted by atomic mass is 10.3. The zero-order valence-electron chi connectivity index (χ0n) is 13.6. The van der Waals surface area contributed by atoms with E-state index >= 15 is 0 Å². The van der Waals surface area contributed by atoms with Gasteiger partial charge in [0.15, 0.2) is 0 Å². The molecule has 0 aliphatic heterocycles. The molecule has 1 N–H and O–H groups in total. The van der Waals surface area contributed by atoms with Crippen LogP contribution in [0.3, 0.4) is 0 Å². The standard InChI is InChI=1S/C16H18BrF3N4O/c1-23(10-14-21-7-9-24(14)11-16(18,19)20)8-6-15(25)22-13-4-2-12(17)3-5-13/h2-5,7,9H,6,8,10-11H2,1H3,(H,22,25). The second-order valence-electron chi connectivity index (χ2n) is 5.63. The summed E-state index contributed by atoms with van der Waals surface area (Å²) in [4.78, 5) is 17.7. The molecule has 2 rings (SSSR count). The number of anilines is 1. The van der Waals surface area contributed by atoms with Gasteiger partial charge in [0.2, 0.25) is 5.91 Å². The average molecular weight is 419 g/mol. The summed E-state index contributed by atoms with van der Waals surface area (Å²) in [6.07, 6.45) is -1.42. The van der Waals surface area contributed by atoms with E-state index < -0.39 is 12.7 Å². The SMILES string of the molecule is CN(CCC(=O)Nc1ccc(Br)cc1)Cc1nccn1CC(F)(F)F. The highest BCUT2D eigenvalue weighted by atomic mass is 79.9. The third-order valence-electron chi connectivity index (χ3n) is 3.41. The molecule has 2 aromatic rings. The molecule has 0 unspecified atom stereocenters. The largest absolute Gasteiger partial charge is 0.406 e. The van der Waals surface area contributed by atoms with Crippen LogP contribution in [0.15, 0.2) is 41.1 Å². The Bertz CT molecular complexity index is 700. The van der Waals surface area contributed by atoms with Gasteiger partial charge in [0.1, 0.15) is 12.4 Å². The van der Waals surface area contributed by atoms with E-state index in [1.54, 1.807) is 24.1 Å². The zero-order chi connectivity index (χ0) is 18.4. The highest BCUT2D eigenvalue weighted by Gasteiger charge is 2.28. The summed E-state index contributed by atoms with van der Waals surface area (Å²) in [5.41, 5.74) is 0.691. The fourth-order valence-corrected chi connectivity index (χ4v) is 2.46. The summed E-state index contributed by atoms with van der Waals surface area (Å²) in [6.45, 7) is -0.434. The van der Waals surface area contributed by atoms with E-state index in [1.165, 1.54) is 12.4 Å². The van der Waals surface area contributed by atoms with Crippen molar-refractivity contribution < 1.29 is 18.0 Å². The number of hydrogen-bond donors (Lipinski definition) is 1. The van der Waals surface area contributed by atoms with Crippen molar-refractivity contribution in [3.8, 4) is 0 Å². The van der Waals surface area contributed by atoms with Crippen molar-refractivity contribution in [3.05, 3.63) is 47.0 Å². The molecule has 1 heterocycles. The number of carbonyl (C=O) groups is 1. The van der Waals surface area contributed by atoms with Crippen molar-refractivity contribution in [1.82, 2.24) is 14.5 Å². The van der Waals surface area contributed by atoms with Gasteiger partial charge in [-0.05, 0) is 31.3 Å². The molecule has 0 aliphatic carbocycles. The van der Waals surface area contributed by atoms with Gasteiger partial charge >= 0.3 is 6.18 Å². The van der Waals surface area contributed by atoms with Crippen LogP contribution in [0.5, 0.6) is 0 Å². The fraction of sp³-hybridized carbons (Fsp3) is 0.375. The van der Waals surface area contributed by atoms with Crippen molar-refractivity contribution in [3.63, 3.8) is 0 Å². The summed E-state index contributed by atoms with van der Waals surface area (Å²) >= 11 is 3.32. The molecule has 5 nitrogen and oxygen atoms in total. The van der Waals surface area contributed by atoms with Gasteiger partial charge in [-0.2, -0.15) is 13.2 Å². The number of alkyl halides is 3. The Kier molecular flexibility index (Phi) is 6.60. The van der Waals surface area contributed by atoms with Gasteiger partial charge in [0, 0.05) is 35.5 Å². The minimum atomic E-state index is -4.29. The van der Waals surface area contributed by atoms with Crippen LogP contribution in [-0.2, 0) is 17.9 Å². The summed E-state index contributed by atoms with van der Waals surface area (Å²) in [6, 6.07) is 7.20. The van der Waals surface area contributed by atoms with E-state index in [9.17, 15) is 18.0 Å². The predicted octanol–water partition coefficient (Wildman–Crippen LogP) is 3.67. The molecular weight excluding hydrogens is 401 g/mol. The molecule has 9 heteroatoms. The average Bonchev–Trinajstić information content (AvgIpc) is 2.92. The van der Waals surface area contributed by atoms with Crippen LogP contribution < -0.4 is 5.32 Å². The van der Waals surface area contributed by atoms with E-state index in [2.05, 4.69) is 26.2 Å². The van der Waals surface area contributed by atoms with E-state index in [-0.39, 0.29) is 18.9 Å². The molecule has 25 heavy (non-hydrogen) atoms. The van der Waals surface area contributed by atoms with E-state index in [0.717, 1.165) is 9.04 Å². The monoisotopic (exact) mass is 418 g/mol. The quantitative estimate of drug-likeness (QED) is 0.746. The number of imidazole rings is 1. The molecule has 0 fully saturated rings. The normalized spacial score (nSPS) is 11.8. The third-order valence-corrected chi connectivity index (χ3v) is 3.94. The van der Waals surface area contributed by atoms with Crippen molar-refractivity contribution in [2.75, 3.05) is 18.9 Å². The topological polar surface area (TPSA) is 50.2 Å². The van der Waals surface area contributed by atoms with E-state index in [4.69, 9.17) is 0 Å². The number of hydrogen-bond acceptors (Lipinski definition) is 3. The Morgan fingerprint density at radius 2 is 2.00 bits per heavy atom. The first-order chi connectivity index (χ1) is 11.7. The van der Waals surface area contributed by atoms with Crippen molar-refractivity contribution in [1.29, 1.82) is 0 Å². The molecular formula is C16H18BrF3N4O. The second-order valence-corrected chi connectivity index (χ2v) is 6.55. The lowest BCUT2D eigenvalue weighted by Gasteiger charge is -2.17. The van der Waals surface area contributed by atoms with Crippen molar-refractivity contribution in [2.24, 2.45) is 0 Å². The van der Waals surface area contributed by atoms with E-state index in [0.29, 0.717) is 18.1 Å². The number of rotatable bonds is 7. The molecule has 136 valence electrons. The summed E-state index contributed by atoms with van der Waals surface area (Å²) < 4.78 is 39.5. The zero-order valence-corrected chi connectivity index (χ0v) is 15.1. The van der Waals surface area contributed by atoms with Crippen LogP contribution in [0.1, 0.15) is 12.2 Å². The Hall–Kier alpha value is -1.87. The number of halogens is 4. The molecule has 0 atom stereocenters. The number of carbonyl (C=O) groups excluding carboxylic acids is 1. The van der Waals surface area contributed by atoms with Gasteiger partial charge in [0.25, 0.3) is 0 Å². The van der Waals surface area contributed by atoms with Crippen molar-refractivity contribution >= 4 is 27.5 Å². The van der Waals surface area contributed by atoms with Gasteiger partial charge in [-0.15, -0.1) is 0 Å². The molecule has 1 aromatic heterocycles. The minimum Gasteiger partial charge on any atom is -0.326 e. The van der Waals surface area contributed by atoms with Crippen LogP contribution in [0.25, 0.3) is 0 Å². The molecule has 0 radical (unpaired) electrons. The number of benzene rings is 1. The summed E-state index contributed by atoms with van der Waals surface area (Å²) in [5.74, 6) is 0.154. The van der Waals surface area contributed by atoms with Crippen LogP contribution in [0.2, 0.25) is 0 Å². The molecule has 0 bridgehead atoms. The van der Waals surface area contributed by atoms with Gasteiger partial charge in [-0.1, -0.05) is 15.9 Å². The van der Waals surface area contributed by atoms with Crippen molar-refractivity contribution in [2.45, 2.75) is 25.7 Å². The maximum Gasteiger partial charge on any atom is 0.406 e. The number of nitrogens with zero attached hydrogens (tertiary/aromatic N) is 3. The smallest absolute Gasteiger partial charge is 0.326 e. The van der Waals surface area contributed by atoms with Crippen LogP contribution >= 0.6 is 15.9 Å². The molecule has 0 spiro atoms. The first kappa shape index (κ1) is 19.5. The summed E-state index contributed by atoms with van der Waals surface area (Å²) in [7, 11) is 1.74. The predicted molar refractivity (Wildman–Crippen MR) is 92.0 cm³/mol. The number of aromatic nitrogens is 2. The maximum absolute atomic E-state index is 12.5. The molecule has 0 saturated heterocycles. The number of nitrogens with one attached hydrogen (secondary N) is 1. The van der Waals surface area contributed by atoms with Crippen LogP contribution in [0, 0.1) is 0 Å². The molecule has 1 aromatic carbocycles. The van der Waals surface area contributed by atoms with Crippen LogP contribution in [-0.4, -0.2) is 40.1 Å². The van der Waals surface area contributed by atoms with Crippen LogP contribution in [0.4, 0.5) is 18.9 Å². The van der Waals surface area contributed by atoms with Gasteiger partial charge in [-0.3, -0.25) is 9.69 Å².